The fourth-order valence-corrected chi connectivity index (χ4v) is 3.45. The van der Waals surface area contributed by atoms with Crippen molar-refractivity contribution in [3.63, 3.8) is 0 Å². The van der Waals surface area contributed by atoms with Gasteiger partial charge in [-0.1, -0.05) is 11.3 Å². The van der Waals surface area contributed by atoms with Gasteiger partial charge >= 0.3 is 6.03 Å². The molecule has 150 valence electrons. The Kier molecular flexibility index (Phi) is 6.08. The van der Waals surface area contributed by atoms with E-state index in [2.05, 4.69) is 20.9 Å². The van der Waals surface area contributed by atoms with Crippen LogP contribution in [0.1, 0.15) is 20.9 Å². The lowest BCUT2D eigenvalue weighted by Crippen LogP contribution is -2.19. The second kappa shape index (κ2) is 8.70. The van der Waals surface area contributed by atoms with Gasteiger partial charge < -0.3 is 15.4 Å². The zero-order valence-corrected chi connectivity index (χ0v) is 16.8. The van der Waals surface area contributed by atoms with E-state index >= 15 is 0 Å². The largest absolute Gasteiger partial charge is 0.496 e. The number of carbonyl (C=O) groups excluding carboxylic acids is 2. The van der Waals surface area contributed by atoms with E-state index in [4.69, 9.17) is 4.74 Å². The topological polar surface area (TPSA) is 92.4 Å². The number of amides is 3. The van der Waals surface area contributed by atoms with Crippen molar-refractivity contribution in [1.82, 2.24) is 4.98 Å². The summed E-state index contributed by atoms with van der Waals surface area (Å²) in [7, 11) is 1.59. The molecule has 0 bridgehead atoms. The number of hydrogen-bond acceptors (Lipinski definition) is 5. The number of rotatable bonds is 5. The zero-order valence-electron chi connectivity index (χ0n) is 16.0. The van der Waals surface area contributed by atoms with Gasteiger partial charge in [0.1, 0.15) is 16.4 Å². The van der Waals surface area contributed by atoms with Crippen LogP contribution in [0.25, 0.3) is 0 Å². The van der Waals surface area contributed by atoms with E-state index in [0.717, 1.165) is 22.6 Å². The van der Waals surface area contributed by atoms with Crippen molar-refractivity contribution < 1.29 is 18.7 Å². The summed E-state index contributed by atoms with van der Waals surface area (Å²) < 4.78 is 18.1. The van der Waals surface area contributed by atoms with Crippen molar-refractivity contribution in [3.05, 3.63) is 64.4 Å². The van der Waals surface area contributed by atoms with E-state index in [9.17, 15) is 14.0 Å². The molecular formula is C20H19FN4O3S. The van der Waals surface area contributed by atoms with E-state index < -0.39 is 11.8 Å². The number of halogens is 1. The molecule has 0 saturated heterocycles. The number of thiazole rings is 1. The minimum atomic E-state index is -0.539. The Balaban J connectivity index is 1.65. The minimum Gasteiger partial charge on any atom is -0.496 e. The predicted molar refractivity (Wildman–Crippen MR) is 112 cm³/mol. The fraction of sp³-hybridized carbons (Fsp3) is 0.150. The number of aryl methyl sites for hydroxylation is 2. The molecule has 0 atom stereocenters. The van der Waals surface area contributed by atoms with Crippen LogP contribution in [-0.4, -0.2) is 24.0 Å². The zero-order chi connectivity index (χ0) is 21.0. The fourth-order valence-electron chi connectivity index (χ4n) is 2.60. The lowest BCUT2D eigenvalue weighted by Gasteiger charge is -2.08. The molecule has 29 heavy (non-hydrogen) atoms. The van der Waals surface area contributed by atoms with Crippen LogP contribution in [0, 0.1) is 19.7 Å². The molecule has 0 fully saturated rings. The van der Waals surface area contributed by atoms with Gasteiger partial charge in [-0.2, -0.15) is 0 Å². The van der Waals surface area contributed by atoms with Crippen LogP contribution in [0.3, 0.4) is 0 Å². The Morgan fingerprint density at radius 2 is 1.69 bits per heavy atom. The van der Waals surface area contributed by atoms with E-state index in [0.29, 0.717) is 21.9 Å². The molecule has 0 radical (unpaired) electrons. The van der Waals surface area contributed by atoms with E-state index in [1.165, 1.54) is 24.3 Å². The molecule has 3 N–H and O–H groups in total. The number of methoxy groups -OCH3 is 1. The van der Waals surface area contributed by atoms with E-state index in [-0.39, 0.29) is 11.0 Å². The monoisotopic (exact) mass is 414 g/mol. The molecule has 3 amide bonds. The van der Waals surface area contributed by atoms with Crippen LogP contribution in [0.5, 0.6) is 5.75 Å². The molecule has 0 aliphatic rings. The summed E-state index contributed by atoms with van der Waals surface area (Å²) in [6, 6.07) is 10.2. The number of urea groups is 1. The molecule has 9 heteroatoms. The summed E-state index contributed by atoms with van der Waals surface area (Å²) in [4.78, 5) is 29.3. The Labute approximate surface area is 170 Å². The Morgan fingerprint density at radius 1 is 1.00 bits per heavy atom. The van der Waals surface area contributed by atoms with Crippen molar-refractivity contribution in [3.8, 4) is 5.75 Å². The van der Waals surface area contributed by atoms with Crippen molar-refractivity contribution in [2.24, 2.45) is 0 Å². The van der Waals surface area contributed by atoms with Gasteiger partial charge in [-0.3, -0.25) is 10.1 Å². The molecular weight excluding hydrogens is 395 g/mol. The van der Waals surface area contributed by atoms with Gasteiger partial charge in [-0.25, -0.2) is 14.2 Å². The summed E-state index contributed by atoms with van der Waals surface area (Å²) >= 11 is 1.06. The smallest absolute Gasteiger partial charge is 0.325 e. The minimum absolute atomic E-state index is 0.276. The molecule has 0 aliphatic heterocycles. The van der Waals surface area contributed by atoms with Gasteiger partial charge in [-0.15, -0.1) is 0 Å². The van der Waals surface area contributed by atoms with Crippen molar-refractivity contribution in [2.45, 2.75) is 13.8 Å². The number of hydrogen-bond donors (Lipinski definition) is 3. The Hall–Kier alpha value is -3.46. The summed E-state index contributed by atoms with van der Waals surface area (Å²) in [5, 5.41) is 8.24. The van der Waals surface area contributed by atoms with Crippen molar-refractivity contribution >= 4 is 39.8 Å². The molecule has 0 aliphatic carbocycles. The average Bonchev–Trinajstić information content (AvgIpc) is 3.04. The second-order valence-electron chi connectivity index (χ2n) is 6.16. The van der Waals surface area contributed by atoms with Crippen LogP contribution in [0.4, 0.5) is 25.7 Å². The molecule has 3 aromatic rings. The molecule has 7 nitrogen and oxygen atoms in total. The standard InChI is InChI=1S/C20H19FN4O3S/c1-11-10-15(8-9-16(11)28-3)23-18(26)17-12(2)22-20(29-17)25-19(27)24-14-6-4-13(21)5-7-14/h4-10H,1-3H3,(H,23,26)(H2,22,24,25,27). The second-order valence-corrected chi connectivity index (χ2v) is 7.16. The third kappa shape index (κ3) is 5.08. The van der Waals surface area contributed by atoms with Crippen molar-refractivity contribution in [2.75, 3.05) is 23.1 Å². The first-order chi connectivity index (χ1) is 13.9. The van der Waals surface area contributed by atoms with Crippen LogP contribution < -0.4 is 20.7 Å². The molecule has 1 heterocycles. The van der Waals surface area contributed by atoms with Gasteiger partial charge in [-0.05, 0) is 61.9 Å². The van der Waals surface area contributed by atoms with Gasteiger partial charge in [0.2, 0.25) is 0 Å². The third-order valence-electron chi connectivity index (χ3n) is 3.98. The summed E-state index contributed by atoms with van der Waals surface area (Å²) in [5.74, 6) is 0.0152. The number of ether oxygens (including phenoxy) is 1. The average molecular weight is 414 g/mol. The maximum atomic E-state index is 12.9. The third-order valence-corrected chi connectivity index (χ3v) is 5.05. The highest BCUT2D eigenvalue weighted by Crippen LogP contribution is 2.26. The number of nitrogens with one attached hydrogen (secondary N) is 3. The molecule has 0 saturated carbocycles. The Bertz CT molecular complexity index is 1050. The van der Waals surface area contributed by atoms with Gasteiger partial charge in [0.15, 0.2) is 5.13 Å². The molecule has 0 spiro atoms. The summed E-state index contributed by atoms with van der Waals surface area (Å²) in [5.41, 5.74) is 2.45. The maximum Gasteiger partial charge on any atom is 0.325 e. The first-order valence-corrected chi connectivity index (χ1v) is 9.44. The Morgan fingerprint density at radius 3 is 2.34 bits per heavy atom. The highest BCUT2D eigenvalue weighted by atomic mass is 32.1. The highest BCUT2D eigenvalue weighted by Gasteiger charge is 2.17. The SMILES string of the molecule is COc1ccc(NC(=O)c2sc(NC(=O)Nc3ccc(F)cc3)nc2C)cc1C. The molecule has 1 aromatic heterocycles. The first kappa shape index (κ1) is 20.3. The number of nitrogens with zero attached hydrogens (tertiary/aromatic N) is 1. The first-order valence-electron chi connectivity index (χ1n) is 8.62. The number of carbonyl (C=O) groups is 2. The normalized spacial score (nSPS) is 10.3. The lowest BCUT2D eigenvalue weighted by atomic mass is 10.2. The highest BCUT2D eigenvalue weighted by molar-refractivity contribution is 7.17. The van der Waals surface area contributed by atoms with E-state index in [1.807, 2.05) is 13.0 Å². The molecule has 0 unspecified atom stereocenters. The van der Waals surface area contributed by atoms with Crippen molar-refractivity contribution in [1.29, 1.82) is 0 Å². The molecule has 3 rings (SSSR count). The van der Waals surface area contributed by atoms with E-state index in [1.54, 1.807) is 26.2 Å². The summed E-state index contributed by atoms with van der Waals surface area (Å²) in [6.07, 6.45) is 0. The predicted octanol–water partition coefficient (Wildman–Crippen LogP) is 4.80. The van der Waals surface area contributed by atoms with Gasteiger partial charge in [0.05, 0.1) is 12.8 Å². The van der Waals surface area contributed by atoms with Gasteiger partial charge in [0.25, 0.3) is 5.91 Å². The van der Waals surface area contributed by atoms with Crippen LogP contribution in [0.2, 0.25) is 0 Å². The summed E-state index contributed by atoms with van der Waals surface area (Å²) in [6.45, 7) is 3.57. The van der Waals surface area contributed by atoms with Crippen LogP contribution in [0.15, 0.2) is 42.5 Å². The maximum absolute atomic E-state index is 12.9. The quantitative estimate of drug-likeness (QED) is 0.559. The number of aromatic nitrogens is 1. The van der Waals surface area contributed by atoms with Gasteiger partial charge in [0, 0.05) is 11.4 Å². The lowest BCUT2D eigenvalue weighted by molar-refractivity contribution is 0.102. The van der Waals surface area contributed by atoms with Crippen LogP contribution in [-0.2, 0) is 0 Å². The van der Waals surface area contributed by atoms with Crippen LogP contribution >= 0.6 is 11.3 Å². The number of anilines is 3. The number of benzene rings is 2. The molecule has 2 aromatic carbocycles.